The van der Waals surface area contributed by atoms with Gasteiger partial charge in [0, 0.05) is 13.1 Å². The van der Waals surface area contributed by atoms with E-state index in [9.17, 15) is 4.39 Å². The van der Waals surface area contributed by atoms with E-state index in [-0.39, 0.29) is 12.4 Å². The van der Waals surface area contributed by atoms with E-state index in [0.29, 0.717) is 39.7 Å². The lowest BCUT2D eigenvalue weighted by Crippen LogP contribution is -2.13. The second kappa shape index (κ2) is 10.2. The molecular weight excluding hydrogens is 436 g/mol. The van der Waals surface area contributed by atoms with E-state index >= 15 is 0 Å². The summed E-state index contributed by atoms with van der Waals surface area (Å²) in [4.78, 5) is 0. The van der Waals surface area contributed by atoms with E-state index in [1.807, 2.05) is 18.2 Å². The van der Waals surface area contributed by atoms with Crippen molar-refractivity contribution in [3.05, 3.63) is 92.2 Å². The maximum atomic E-state index is 13.0. The first-order valence-corrected chi connectivity index (χ1v) is 9.98. The molecule has 3 nitrogen and oxygen atoms in total. The largest absolute Gasteiger partial charge is 0.493 e. The summed E-state index contributed by atoms with van der Waals surface area (Å²) in [6, 6.07) is 15.4. The van der Waals surface area contributed by atoms with Crippen molar-refractivity contribution in [2.45, 2.75) is 19.7 Å². The molecule has 152 valence electrons. The van der Waals surface area contributed by atoms with E-state index in [1.165, 1.54) is 12.1 Å². The highest BCUT2D eigenvalue weighted by atomic mass is 35.5. The van der Waals surface area contributed by atoms with E-state index < -0.39 is 0 Å². The molecule has 0 saturated carbocycles. The molecule has 0 aliphatic carbocycles. The van der Waals surface area contributed by atoms with Crippen LogP contribution in [-0.2, 0) is 19.7 Å². The van der Waals surface area contributed by atoms with Gasteiger partial charge in [-0.1, -0.05) is 53.0 Å². The lowest BCUT2D eigenvalue weighted by Gasteiger charge is -2.15. The monoisotopic (exact) mass is 453 g/mol. The Morgan fingerprint density at radius 2 is 1.45 bits per heavy atom. The van der Waals surface area contributed by atoms with Crippen LogP contribution in [-0.4, -0.2) is 7.11 Å². The number of hydrogen-bond donors (Lipinski definition) is 1. The molecule has 0 fully saturated rings. The molecule has 0 saturated heterocycles. The van der Waals surface area contributed by atoms with Crippen molar-refractivity contribution >= 4 is 34.8 Å². The number of methoxy groups -OCH3 is 1. The smallest absolute Gasteiger partial charge is 0.180 e. The quantitative estimate of drug-likeness (QED) is 0.412. The minimum atomic E-state index is -0.248. The lowest BCUT2D eigenvalue weighted by molar-refractivity contribution is 0.284. The van der Waals surface area contributed by atoms with Gasteiger partial charge >= 0.3 is 0 Å². The van der Waals surface area contributed by atoms with E-state index in [1.54, 1.807) is 31.4 Å². The maximum absolute atomic E-state index is 13.0. The van der Waals surface area contributed by atoms with Crippen LogP contribution in [0.4, 0.5) is 4.39 Å². The van der Waals surface area contributed by atoms with Crippen molar-refractivity contribution in [2.24, 2.45) is 0 Å². The standard InChI is InChI=1S/C22H19Cl3FNO2/c1-28-21-10-16(12-27-11-14-2-5-17(26)6-3-14)9-20(25)22(21)29-13-15-4-7-18(23)19(24)8-15/h2-10,27H,11-13H2,1H3. The highest BCUT2D eigenvalue weighted by Gasteiger charge is 2.13. The summed E-state index contributed by atoms with van der Waals surface area (Å²) in [7, 11) is 1.56. The Morgan fingerprint density at radius 3 is 2.14 bits per heavy atom. The molecule has 3 rings (SSSR count). The van der Waals surface area contributed by atoms with E-state index in [2.05, 4.69) is 5.32 Å². The van der Waals surface area contributed by atoms with Gasteiger partial charge in [0.2, 0.25) is 0 Å². The van der Waals surface area contributed by atoms with Crippen LogP contribution in [0, 0.1) is 5.82 Å². The molecule has 0 heterocycles. The summed E-state index contributed by atoms with van der Waals surface area (Å²) in [5.74, 6) is 0.750. The lowest BCUT2D eigenvalue weighted by atomic mass is 10.1. The molecule has 0 aliphatic heterocycles. The number of benzene rings is 3. The predicted molar refractivity (Wildman–Crippen MR) is 116 cm³/mol. The Bertz CT molecular complexity index is 981. The van der Waals surface area contributed by atoms with Gasteiger partial charge in [-0.15, -0.1) is 0 Å². The average molecular weight is 455 g/mol. The van der Waals surface area contributed by atoms with Crippen LogP contribution < -0.4 is 14.8 Å². The predicted octanol–water partition coefficient (Wildman–Crippen LogP) is 6.66. The SMILES string of the molecule is COc1cc(CNCc2ccc(F)cc2)cc(Cl)c1OCc1ccc(Cl)c(Cl)c1. The highest BCUT2D eigenvalue weighted by Crippen LogP contribution is 2.37. The number of hydrogen-bond acceptors (Lipinski definition) is 3. The third-order valence-electron chi connectivity index (χ3n) is 4.23. The maximum Gasteiger partial charge on any atom is 0.180 e. The summed E-state index contributed by atoms with van der Waals surface area (Å²) in [5.41, 5.74) is 2.80. The number of ether oxygens (including phenoxy) is 2. The molecule has 0 bridgehead atoms. The van der Waals surface area contributed by atoms with Gasteiger partial charge in [-0.05, 0) is 53.1 Å². The number of nitrogens with one attached hydrogen (secondary N) is 1. The van der Waals surface area contributed by atoms with Gasteiger partial charge in [-0.3, -0.25) is 0 Å². The van der Waals surface area contributed by atoms with Crippen molar-refractivity contribution in [3.8, 4) is 11.5 Å². The third-order valence-corrected chi connectivity index (χ3v) is 5.25. The Labute approximate surface area is 184 Å². The van der Waals surface area contributed by atoms with Gasteiger partial charge in [0.15, 0.2) is 11.5 Å². The summed E-state index contributed by atoms with van der Waals surface area (Å²) in [6.45, 7) is 1.45. The third kappa shape index (κ3) is 6.00. The normalized spacial score (nSPS) is 10.8. The molecule has 1 N–H and O–H groups in total. The van der Waals surface area contributed by atoms with Gasteiger partial charge in [0.05, 0.1) is 22.2 Å². The van der Waals surface area contributed by atoms with Crippen LogP contribution in [0.15, 0.2) is 54.6 Å². The van der Waals surface area contributed by atoms with Crippen molar-refractivity contribution < 1.29 is 13.9 Å². The molecule has 0 aliphatic rings. The van der Waals surface area contributed by atoms with Gasteiger partial charge in [-0.25, -0.2) is 4.39 Å². The first-order valence-electron chi connectivity index (χ1n) is 8.84. The molecule has 0 atom stereocenters. The highest BCUT2D eigenvalue weighted by molar-refractivity contribution is 6.42. The second-order valence-electron chi connectivity index (χ2n) is 6.38. The van der Waals surface area contributed by atoms with Crippen LogP contribution in [0.5, 0.6) is 11.5 Å². The topological polar surface area (TPSA) is 30.5 Å². The summed E-state index contributed by atoms with van der Waals surface area (Å²) >= 11 is 18.4. The fourth-order valence-corrected chi connectivity index (χ4v) is 3.36. The van der Waals surface area contributed by atoms with E-state index in [0.717, 1.165) is 16.7 Å². The van der Waals surface area contributed by atoms with Gasteiger partial charge in [0.1, 0.15) is 12.4 Å². The second-order valence-corrected chi connectivity index (χ2v) is 7.60. The molecule has 0 aromatic heterocycles. The van der Waals surface area contributed by atoms with Gasteiger partial charge < -0.3 is 14.8 Å². The minimum absolute atomic E-state index is 0.248. The van der Waals surface area contributed by atoms with Gasteiger partial charge in [-0.2, -0.15) is 0 Å². The number of rotatable bonds is 8. The molecule has 29 heavy (non-hydrogen) atoms. The average Bonchev–Trinajstić information content (AvgIpc) is 2.71. The van der Waals surface area contributed by atoms with Crippen LogP contribution in [0.2, 0.25) is 15.1 Å². The van der Waals surface area contributed by atoms with E-state index in [4.69, 9.17) is 44.3 Å². The summed E-state index contributed by atoms with van der Waals surface area (Å²) < 4.78 is 24.3. The molecule has 0 radical (unpaired) electrons. The summed E-state index contributed by atoms with van der Waals surface area (Å²) in [5, 5.41) is 4.70. The molecule has 0 spiro atoms. The fourth-order valence-electron chi connectivity index (χ4n) is 2.75. The zero-order valence-electron chi connectivity index (χ0n) is 15.6. The Hall–Kier alpha value is -1.98. The molecule has 0 amide bonds. The molecular formula is C22H19Cl3FNO2. The van der Waals surface area contributed by atoms with Crippen molar-refractivity contribution in [3.63, 3.8) is 0 Å². The fraction of sp³-hybridized carbons (Fsp3) is 0.182. The Kier molecular flexibility index (Phi) is 7.62. The van der Waals surface area contributed by atoms with Crippen LogP contribution >= 0.6 is 34.8 Å². The van der Waals surface area contributed by atoms with Crippen molar-refractivity contribution in [2.75, 3.05) is 7.11 Å². The Morgan fingerprint density at radius 1 is 0.793 bits per heavy atom. The van der Waals surface area contributed by atoms with Crippen LogP contribution in [0.3, 0.4) is 0 Å². The molecule has 3 aromatic carbocycles. The van der Waals surface area contributed by atoms with Crippen LogP contribution in [0.1, 0.15) is 16.7 Å². The summed E-state index contributed by atoms with van der Waals surface area (Å²) in [6.07, 6.45) is 0. The van der Waals surface area contributed by atoms with Crippen molar-refractivity contribution in [1.29, 1.82) is 0 Å². The first-order chi connectivity index (χ1) is 14.0. The first kappa shape index (κ1) is 21.7. The number of halogens is 4. The molecule has 0 unspecified atom stereocenters. The minimum Gasteiger partial charge on any atom is -0.493 e. The van der Waals surface area contributed by atoms with Crippen molar-refractivity contribution in [1.82, 2.24) is 5.32 Å². The van der Waals surface area contributed by atoms with Crippen LogP contribution in [0.25, 0.3) is 0 Å². The van der Waals surface area contributed by atoms with Gasteiger partial charge in [0.25, 0.3) is 0 Å². The zero-order valence-corrected chi connectivity index (χ0v) is 17.9. The molecule has 7 heteroatoms. The zero-order chi connectivity index (χ0) is 20.8. The molecule has 3 aromatic rings. The Balaban J connectivity index is 1.64.